The van der Waals surface area contributed by atoms with Crippen molar-refractivity contribution >= 4 is 21.6 Å². The quantitative estimate of drug-likeness (QED) is 0.879. The molecular formula is C13H14ClN3O2S. The van der Waals surface area contributed by atoms with E-state index in [1.807, 2.05) is 0 Å². The van der Waals surface area contributed by atoms with Crippen LogP contribution in [0.25, 0.3) is 0 Å². The summed E-state index contributed by atoms with van der Waals surface area (Å²) in [6, 6.07) is 10.1. The Morgan fingerprint density at radius 3 is 2.55 bits per heavy atom. The molecule has 0 aliphatic heterocycles. The number of aromatic nitrogens is 1. The van der Waals surface area contributed by atoms with Gasteiger partial charge in [0.25, 0.3) is 10.0 Å². The van der Waals surface area contributed by atoms with E-state index in [1.165, 1.54) is 12.3 Å². The molecule has 0 aliphatic rings. The van der Waals surface area contributed by atoms with Gasteiger partial charge >= 0.3 is 0 Å². The Kier molecular flexibility index (Phi) is 4.72. The van der Waals surface area contributed by atoms with E-state index in [4.69, 9.17) is 17.3 Å². The van der Waals surface area contributed by atoms with Crippen molar-refractivity contribution in [1.82, 2.24) is 9.71 Å². The average Bonchev–Trinajstić information content (AvgIpc) is 2.46. The Labute approximate surface area is 122 Å². The van der Waals surface area contributed by atoms with Gasteiger partial charge in [-0.2, -0.15) is 0 Å². The van der Waals surface area contributed by atoms with Crippen molar-refractivity contribution in [2.24, 2.45) is 5.73 Å². The smallest absolute Gasteiger partial charge is 0.258 e. The topological polar surface area (TPSA) is 85.1 Å². The largest absolute Gasteiger partial charge is 0.326 e. The second-order valence-corrected chi connectivity index (χ2v) is 6.25. The third-order valence-electron chi connectivity index (χ3n) is 2.72. The van der Waals surface area contributed by atoms with Crippen molar-refractivity contribution in [3.8, 4) is 0 Å². The molecule has 7 heteroatoms. The SMILES string of the molecule is NCc1ccc(S(=O)(=O)NCc2ccccc2Cl)nc1. The molecule has 106 valence electrons. The lowest BCUT2D eigenvalue weighted by Crippen LogP contribution is -2.24. The number of hydrogen-bond acceptors (Lipinski definition) is 4. The predicted molar refractivity (Wildman–Crippen MR) is 77.6 cm³/mol. The highest BCUT2D eigenvalue weighted by Gasteiger charge is 2.15. The average molecular weight is 312 g/mol. The normalized spacial score (nSPS) is 11.5. The summed E-state index contributed by atoms with van der Waals surface area (Å²) >= 11 is 5.97. The van der Waals surface area contributed by atoms with Gasteiger partial charge in [0.15, 0.2) is 5.03 Å². The first-order valence-electron chi connectivity index (χ1n) is 5.91. The van der Waals surface area contributed by atoms with Gasteiger partial charge in [-0.05, 0) is 23.3 Å². The van der Waals surface area contributed by atoms with Gasteiger partial charge in [-0.25, -0.2) is 18.1 Å². The first-order chi connectivity index (χ1) is 9.53. The molecule has 20 heavy (non-hydrogen) atoms. The number of hydrogen-bond donors (Lipinski definition) is 2. The zero-order valence-electron chi connectivity index (χ0n) is 10.6. The number of rotatable bonds is 5. The van der Waals surface area contributed by atoms with E-state index < -0.39 is 10.0 Å². The Hall–Kier alpha value is -1.47. The summed E-state index contributed by atoms with van der Waals surface area (Å²) in [4.78, 5) is 3.89. The van der Waals surface area contributed by atoms with Crippen molar-refractivity contribution < 1.29 is 8.42 Å². The van der Waals surface area contributed by atoms with E-state index in [0.717, 1.165) is 5.56 Å². The van der Waals surface area contributed by atoms with Crippen LogP contribution in [0.5, 0.6) is 0 Å². The van der Waals surface area contributed by atoms with Crippen LogP contribution in [-0.2, 0) is 23.1 Å². The van der Waals surface area contributed by atoms with Crippen molar-refractivity contribution in [3.63, 3.8) is 0 Å². The van der Waals surface area contributed by atoms with Gasteiger partial charge in [-0.1, -0.05) is 35.9 Å². The molecule has 0 radical (unpaired) electrons. The van der Waals surface area contributed by atoms with Gasteiger partial charge in [-0.15, -0.1) is 0 Å². The standard InChI is InChI=1S/C13H14ClN3O2S/c14-12-4-2-1-3-11(12)9-17-20(18,19)13-6-5-10(7-15)8-16-13/h1-6,8,17H,7,9,15H2. The molecule has 0 bridgehead atoms. The van der Waals surface area contributed by atoms with Crippen LogP contribution in [0.3, 0.4) is 0 Å². The first-order valence-corrected chi connectivity index (χ1v) is 7.77. The minimum Gasteiger partial charge on any atom is -0.326 e. The predicted octanol–water partition coefficient (Wildman–Crippen LogP) is 1.67. The van der Waals surface area contributed by atoms with E-state index in [0.29, 0.717) is 17.1 Å². The van der Waals surface area contributed by atoms with Crippen LogP contribution < -0.4 is 10.5 Å². The molecule has 0 aliphatic carbocycles. The van der Waals surface area contributed by atoms with Gasteiger partial charge in [-0.3, -0.25) is 0 Å². The van der Waals surface area contributed by atoms with Gasteiger partial charge < -0.3 is 5.73 Å². The van der Waals surface area contributed by atoms with Crippen LogP contribution >= 0.6 is 11.6 Å². The molecular weight excluding hydrogens is 298 g/mol. The molecule has 0 spiro atoms. The molecule has 0 fully saturated rings. The summed E-state index contributed by atoms with van der Waals surface area (Å²) in [5.41, 5.74) is 6.92. The van der Waals surface area contributed by atoms with E-state index in [-0.39, 0.29) is 11.6 Å². The Morgan fingerprint density at radius 2 is 1.95 bits per heavy atom. The highest BCUT2D eigenvalue weighted by molar-refractivity contribution is 7.89. The summed E-state index contributed by atoms with van der Waals surface area (Å²) in [7, 11) is -3.66. The molecule has 1 heterocycles. The molecule has 3 N–H and O–H groups in total. The fourth-order valence-electron chi connectivity index (χ4n) is 1.58. The van der Waals surface area contributed by atoms with Crippen LogP contribution in [0.15, 0.2) is 47.6 Å². The van der Waals surface area contributed by atoms with Crippen LogP contribution in [0.4, 0.5) is 0 Å². The van der Waals surface area contributed by atoms with Gasteiger partial charge in [0.2, 0.25) is 0 Å². The second kappa shape index (κ2) is 6.32. The Balaban J connectivity index is 2.13. The Morgan fingerprint density at radius 1 is 1.20 bits per heavy atom. The highest BCUT2D eigenvalue weighted by atomic mass is 35.5. The van der Waals surface area contributed by atoms with Gasteiger partial charge in [0, 0.05) is 24.3 Å². The summed E-state index contributed by atoms with van der Waals surface area (Å²) < 4.78 is 26.6. The molecule has 1 aromatic heterocycles. The molecule has 0 saturated heterocycles. The second-order valence-electron chi connectivity index (χ2n) is 4.12. The lowest BCUT2D eigenvalue weighted by Gasteiger charge is -2.07. The fraction of sp³-hybridized carbons (Fsp3) is 0.154. The van der Waals surface area contributed by atoms with E-state index in [2.05, 4.69) is 9.71 Å². The van der Waals surface area contributed by atoms with Crippen molar-refractivity contribution in [2.45, 2.75) is 18.1 Å². The van der Waals surface area contributed by atoms with E-state index >= 15 is 0 Å². The molecule has 0 saturated carbocycles. The monoisotopic (exact) mass is 311 g/mol. The first kappa shape index (κ1) is 14.9. The molecule has 1 aromatic carbocycles. The summed E-state index contributed by atoms with van der Waals surface area (Å²) in [5, 5.41) is 0.475. The number of nitrogens with one attached hydrogen (secondary N) is 1. The number of nitrogens with two attached hydrogens (primary N) is 1. The van der Waals surface area contributed by atoms with Crippen molar-refractivity contribution in [1.29, 1.82) is 0 Å². The maximum atomic E-state index is 12.1. The zero-order chi connectivity index (χ0) is 14.6. The Bertz CT molecular complexity index is 687. The lowest BCUT2D eigenvalue weighted by atomic mass is 10.2. The highest BCUT2D eigenvalue weighted by Crippen LogP contribution is 2.15. The summed E-state index contributed by atoms with van der Waals surface area (Å²) in [6.45, 7) is 0.433. The fourth-order valence-corrected chi connectivity index (χ4v) is 2.71. The molecule has 0 amide bonds. The number of halogens is 1. The molecule has 0 unspecified atom stereocenters. The molecule has 5 nitrogen and oxygen atoms in total. The molecule has 2 rings (SSSR count). The third-order valence-corrected chi connectivity index (χ3v) is 4.40. The van der Waals surface area contributed by atoms with Gasteiger partial charge in [0.1, 0.15) is 0 Å². The van der Waals surface area contributed by atoms with Gasteiger partial charge in [0.05, 0.1) is 0 Å². The minimum atomic E-state index is -3.66. The number of sulfonamides is 1. The third kappa shape index (κ3) is 3.55. The van der Waals surface area contributed by atoms with Crippen LogP contribution in [-0.4, -0.2) is 13.4 Å². The van der Waals surface area contributed by atoms with Crippen LogP contribution in [0.2, 0.25) is 5.02 Å². The number of nitrogens with zero attached hydrogens (tertiary/aromatic N) is 1. The number of benzene rings is 1. The molecule has 0 atom stereocenters. The number of pyridine rings is 1. The van der Waals surface area contributed by atoms with E-state index in [1.54, 1.807) is 30.3 Å². The minimum absolute atomic E-state index is 0.0400. The lowest BCUT2D eigenvalue weighted by molar-refractivity contribution is 0.577. The molecule has 2 aromatic rings. The summed E-state index contributed by atoms with van der Waals surface area (Å²) in [6.07, 6.45) is 1.45. The van der Waals surface area contributed by atoms with Crippen LogP contribution in [0, 0.1) is 0 Å². The zero-order valence-corrected chi connectivity index (χ0v) is 12.2. The van der Waals surface area contributed by atoms with E-state index in [9.17, 15) is 8.42 Å². The van der Waals surface area contributed by atoms with Crippen LogP contribution in [0.1, 0.15) is 11.1 Å². The van der Waals surface area contributed by atoms with Crippen molar-refractivity contribution in [3.05, 3.63) is 58.7 Å². The van der Waals surface area contributed by atoms with Crippen molar-refractivity contribution in [2.75, 3.05) is 0 Å². The summed E-state index contributed by atoms with van der Waals surface area (Å²) in [5.74, 6) is 0. The maximum Gasteiger partial charge on any atom is 0.258 e. The maximum absolute atomic E-state index is 12.1.